The van der Waals surface area contributed by atoms with Crippen LogP contribution in [0.2, 0.25) is 0 Å². The molecule has 2 aromatic rings. The van der Waals surface area contributed by atoms with Crippen molar-refractivity contribution in [3.63, 3.8) is 0 Å². The number of hydrogen-bond donors (Lipinski definition) is 0. The number of methoxy groups -OCH3 is 1. The van der Waals surface area contributed by atoms with E-state index in [1.807, 2.05) is 0 Å². The SMILES string of the molecule is COCCc1noc(C2(F)CCN(S(=O)(=O)c3ccccc3)CC2)n1. The second-order valence-electron chi connectivity index (χ2n) is 5.94. The minimum Gasteiger partial charge on any atom is -0.384 e. The van der Waals surface area contributed by atoms with Gasteiger partial charge < -0.3 is 9.26 Å². The highest BCUT2D eigenvalue weighted by molar-refractivity contribution is 7.89. The fraction of sp³-hybridized carbons (Fsp3) is 0.500. The molecule has 136 valence electrons. The van der Waals surface area contributed by atoms with E-state index in [1.165, 1.54) is 16.4 Å². The molecular weight excluding hydrogens is 349 g/mol. The Morgan fingerprint density at radius 2 is 1.96 bits per heavy atom. The monoisotopic (exact) mass is 369 g/mol. The number of ether oxygens (including phenoxy) is 1. The number of nitrogens with zero attached hydrogens (tertiary/aromatic N) is 3. The average Bonchev–Trinajstić information content (AvgIpc) is 3.11. The fourth-order valence-corrected chi connectivity index (χ4v) is 4.23. The Morgan fingerprint density at radius 1 is 1.28 bits per heavy atom. The lowest BCUT2D eigenvalue weighted by atomic mass is 9.94. The molecule has 0 saturated carbocycles. The quantitative estimate of drug-likeness (QED) is 0.773. The van der Waals surface area contributed by atoms with E-state index < -0.39 is 15.7 Å². The Hall–Kier alpha value is -1.84. The summed E-state index contributed by atoms with van der Waals surface area (Å²) in [4.78, 5) is 4.30. The van der Waals surface area contributed by atoms with Crippen molar-refractivity contribution in [1.29, 1.82) is 0 Å². The van der Waals surface area contributed by atoms with Gasteiger partial charge in [-0.3, -0.25) is 0 Å². The second kappa shape index (κ2) is 7.19. The predicted molar refractivity (Wildman–Crippen MR) is 87.1 cm³/mol. The zero-order chi connectivity index (χ0) is 17.9. The number of sulfonamides is 1. The van der Waals surface area contributed by atoms with Crippen molar-refractivity contribution in [2.24, 2.45) is 0 Å². The third-order valence-electron chi connectivity index (χ3n) is 4.28. The van der Waals surface area contributed by atoms with Gasteiger partial charge >= 0.3 is 0 Å². The van der Waals surface area contributed by atoms with Gasteiger partial charge in [0.2, 0.25) is 10.0 Å². The fourth-order valence-electron chi connectivity index (χ4n) is 2.77. The number of alkyl halides is 1. The Balaban J connectivity index is 1.69. The Morgan fingerprint density at radius 3 is 2.60 bits per heavy atom. The molecule has 25 heavy (non-hydrogen) atoms. The molecule has 1 fully saturated rings. The minimum absolute atomic E-state index is 0.0228. The van der Waals surface area contributed by atoms with Gasteiger partial charge in [-0.2, -0.15) is 9.29 Å². The molecule has 9 heteroatoms. The lowest BCUT2D eigenvalue weighted by Gasteiger charge is -2.33. The number of hydrogen-bond acceptors (Lipinski definition) is 6. The second-order valence-corrected chi connectivity index (χ2v) is 7.88. The zero-order valence-corrected chi connectivity index (χ0v) is 14.7. The van der Waals surface area contributed by atoms with Crippen LogP contribution in [-0.2, 0) is 26.8 Å². The first kappa shape index (κ1) is 18.0. The summed E-state index contributed by atoms with van der Waals surface area (Å²) in [6, 6.07) is 8.14. The molecule has 0 radical (unpaired) electrons. The minimum atomic E-state index is -3.62. The first-order chi connectivity index (χ1) is 12.0. The summed E-state index contributed by atoms with van der Waals surface area (Å²) in [5.41, 5.74) is -1.80. The highest BCUT2D eigenvalue weighted by atomic mass is 32.2. The summed E-state index contributed by atoms with van der Waals surface area (Å²) >= 11 is 0. The number of piperidine rings is 1. The summed E-state index contributed by atoms with van der Waals surface area (Å²) in [5.74, 6) is 0.295. The Labute approximate surface area is 145 Å². The molecule has 0 amide bonds. The maximum absolute atomic E-state index is 15.2. The van der Waals surface area contributed by atoms with E-state index in [1.54, 1.807) is 25.3 Å². The Kier molecular flexibility index (Phi) is 5.16. The molecule has 0 atom stereocenters. The van der Waals surface area contributed by atoms with Crippen LogP contribution >= 0.6 is 0 Å². The van der Waals surface area contributed by atoms with Gasteiger partial charge in [-0.1, -0.05) is 23.4 Å². The molecule has 1 aromatic carbocycles. The molecular formula is C16H20FN3O4S. The smallest absolute Gasteiger partial charge is 0.264 e. The summed E-state index contributed by atoms with van der Waals surface area (Å²) in [6.07, 6.45) is 0.389. The number of aromatic nitrogens is 2. The molecule has 2 heterocycles. The van der Waals surface area contributed by atoms with Gasteiger partial charge in [-0.05, 0) is 12.1 Å². The van der Waals surface area contributed by atoms with E-state index >= 15 is 4.39 Å². The van der Waals surface area contributed by atoms with E-state index in [0.717, 1.165) is 0 Å². The van der Waals surface area contributed by atoms with Crippen molar-refractivity contribution in [1.82, 2.24) is 14.4 Å². The zero-order valence-electron chi connectivity index (χ0n) is 13.9. The van der Waals surface area contributed by atoms with Gasteiger partial charge in [0.25, 0.3) is 5.89 Å². The van der Waals surface area contributed by atoms with E-state index in [2.05, 4.69) is 10.1 Å². The topological polar surface area (TPSA) is 85.5 Å². The maximum Gasteiger partial charge on any atom is 0.264 e. The van der Waals surface area contributed by atoms with E-state index in [4.69, 9.17) is 9.26 Å². The predicted octanol–water partition coefficient (Wildman–Crippen LogP) is 1.91. The van der Waals surface area contributed by atoms with Crippen LogP contribution < -0.4 is 0 Å². The van der Waals surface area contributed by atoms with Crippen molar-refractivity contribution in [3.05, 3.63) is 42.0 Å². The molecule has 0 spiro atoms. The highest BCUT2D eigenvalue weighted by Crippen LogP contribution is 2.37. The number of benzene rings is 1. The van der Waals surface area contributed by atoms with Gasteiger partial charge in [0, 0.05) is 39.5 Å². The van der Waals surface area contributed by atoms with Crippen LogP contribution in [0.5, 0.6) is 0 Å². The summed E-state index contributed by atoms with van der Waals surface area (Å²) in [6.45, 7) is 0.536. The van der Waals surface area contributed by atoms with Crippen molar-refractivity contribution in [2.75, 3.05) is 26.8 Å². The van der Waals surface area contributed by atoms with Gasteiger partial charge in [0.1, 0.15) is 0 Å². The average molecular weight is 369 g/mol. The van der Waals surface area contributed by atoms with Crippen LogP contribution in [0.4, 0.5) is 4.39 Å². The molecule has 0 bridgehead atoms. The molecule has 0 unspecified atom stereocenters. The van der Waals surface area contributed by atoms with E-state index in [0.29, 0.717) is 18.9 Å². The van der Waals surface area contributed by atoms with Crippen LogP contribution in [0.3, 0.4) is 0 Å². The van der Waals surface area contributed by atoms with Crippen molar-refractivity contribution in [3.8, 4) is 0 Å². The van der Waals surface area contributed by atoms with Crippen molar-refractivity contribution in [2.45, 2.75) is 29.8 Å². The molecule has 0 aliphatic carbocycles. The number of halogens is 1. The van der Waals surface area contributed by atoms with Crippen LogP contribution in [0.1, 0.15) is 24.6 Å². The lowest BCUT2D eigenvalue weighted by Crippen LogP contribution is -2.43. The van der Waals surface area contributed by atoms with Crippen LogP contribution in [-0.4, -0.2) is 49.7 Å². The molecule has 0 N–H and O–H groups in total. The van der Waals surface area contributed by atoms with Crippen LogP contribution in [0.15, 0.2) is 39.8 Å². The van der Waals surface area contributed by atoms with Gasteiger partial charge in [-0.25, -0.2) is 12.8 Å². The van der Waals surface area contributed by atoms with Gasteiger partial charge in [-0.15, -0.1) is 0 Å². The molecule has 1 aromatic heterocycles. The first-order valence-corrected chi connectivity index (χ1v) is 9.46. The molecule has 7 nitrogen and oxygen atoms in total. The molecule has 1 aliphatic rings. The summed E-state index contributed by atoms with van der Waals surface area (Å²) in [7, 11) is -2.06. The standard InChI is InChI=1S/C16H20FN3O4S/c1-23-12-7-14-18-15(24-19-14)16(17)8-10-20(11-9-16)25(21,22)13-5-3-2-4-6-13/h2-6H,7-12H2,1H3. The summed E-state index contributed by atoms with van der Waals surface area (Å²) < 4.78 is 51.6. The molecule has 1 aliphatic heterocycles. The highest BCUT2D eigenvalue weighted by Gasteiger charge is 2.44. The largest absolute Gasteiger partial charge is 0.384 e. The Bertz CT molecular complexity index is 802. The van der Waals surface area contributed by atoms with Gasteiger partial charge in [0.15, 0.2) is 11.5 Å². The maximum atomic E-state index is 15.2. The van der Waals surface area contributed by atoms with Gasteiger partial charge in [0.05, 0.1) is 11.5 Å². The summed E-state index contributed by atoms with van der Waals surface area (Å²) in [5, 5.41) is 3.75. The normalized spacial score (nSPS) is 18.3. The third kappa shape index (κ3) is 3.73. The number of rotatable bonds is 6. The first-order valence-electron chi connectivity index (χ1n) is 8.02. The van der Waals surface area contributed by atoms with E-state index in [-0.39, 0.29) is 36.7 Å². The van der Waals surface area contributed by atoms with Crippen LogP contribution in [0, 0.1) is 0 Å². The molecule has 3 rings (SSSR count). The third-order valence-corrected chi connectivity index (χ3v) is 6.19. The van der Waals surface area contributed by atoms with Crippen LogP contribution in [0.25, 0.3) is 0 Å². The van der Waals surface area contributed by atoms with Crippen molar-refractivity contribution >= 4 is 10.0 Å². The van der Waals surface area contributed by atoms with E-state index in [9.17, 15) is 8.42 Å². The molecule has 1 saturated heterocycles. The lowest BCUT2D eigenvalue weighted by molar-refractivity contribution is 0.0511. The van der Waals surface area contributed by atoms with Crippen molar-refractivity contribution < 1.29 is 22.1 Å².